The van der Waals surface area contributed by atoms with Crippen LogP contribution in [-0.2, 0) is 0 Å². The molecule has 0 unspecified atom stereocenters. The predicted molar refractivity (Wildman–Crippen MR) is 46.9 cm³/mol. The van der Waals surface area contributed by atoms with Gasteiger partial charge in [-0.3, -0.25) is 0 Å². The van der Waals surface area contributed by atoms with Gasteiger partial charge in [-0.25, -0.2) is 0 Å². The highest BCUT2D eigenvalue weighted by atomic mass is 35.7. The standard InChI is InChI=1S/C6H13ClF4S/c1-2-3-4-5-6-12(7,8,9,10)11/h2-6H2,1H3. The zero-order valence-electron chi connectivity index (χ0n) is 6.83. The Morgan fingerprint density at radius 2 is 1.50 bits per heavy atom. The number of hydrogen-bond acceptors (Lipinski definition) is 0. The van der Waals surface area contributed by atoms with Crippen LogP contribution in [0.2, 0.25) is 0 Å². The Labute approximate surface area is 74.2 Å². The summed E-state index contributed by atoms with van der Waals surface area (Å²) in [4.78, 5) is 0. The van der Waals surface area contributed by atoms with Gasteiger partial charge in [0.15, 0.2) is 0 Å². The average molecular weight is 229 g/mol. The molecule has 12 heavy (non-hydrogen) atoms. The summed E-state index contributed by atoms with van der Waals surface area (Å²) in [5.41, 5.74) is 0. The van der Waals surface area contributed by atoms with E-state index in [-0.39, 0.29) is 6.42 Å². The zero-order valence-corrected chi connectivity index (χ0v) is 8.41. The zero-order chi connectivity index (χ0) is 9.94. The Bertz CT molecular complexity index is 148. The Morgan fingerprint density at radius 1 is 1.00 bits per heavy atom. The lowest BCUT2D eigenvalue weighted by Gasteiger charge is -2.42. The molecule has 0 aromatic heterocycles. The Kier molecular flexibility index (Phi) is 3.03. The van der Waals surface area contributed by atoms with E-state index in [0.717, 1.165) is 6.42 Å². The lowest BCUT2D eigenvalue weighted by atomic mass is 10.2. The number of hydrogen-bond donors (Lipinski definition) is 0. The molecule has 0 atom stereocenters. The summed E-state index contributed by atoms with van der Waals surface area (Å²) < 4.78 is 48.3. The average Bonchev–Trinajstić information content (AvgIpc) is 1.75. The van der Waals surface area contributed by atoms with Crippen molar-refractivity contribution in [2.75, 3.05) is 5.75 Å². The summed E-state index contributed by atoms with van der Waals surface area (Å²) in [6, 6.07) is 0. The molecule has 0 nitrogen and oxygen atoms in total. The molecule has 0 fully saturated rings. The van der Waals surface area contributed by atoms with Gasteiger partial charge in [0.25, 0.3) is 0 Å². The lowest BCUT2D eigenvalue weighted by Crippen LogP contribution is -2.09. The molecule has 0 aliphatic rings. The van der Waals surface area contributed by atoms with Gasteiger partial charge in [-0.05, 0) is 6.42 Å². The third-order valence-electron chi connectivity index (χ3n) is 1.38. The summed E-state index contributed by atoms with van der Waals surface area (Å²) in [6.07, 6.45) is 1.67. The second-order valence-electron chi connectivity index (χ2n) is 2.89. The minimum atomic E-state index is -8.12. The fourth-order valence-electron chi connectivity index (χ4n) is 0.802. The molecule has 0 radical (unpaired) electrons. The molecule has 0 saturated heterocycles. The number of unbranched alkanes of at least 4 members (excludes halogenated alkanes) is 3. The summed E-state index contributed by atoms with van der Waals surface area (Å²) in [6.45, 7) is 1.87. The molecule has 0 aromatic carbocycles. The van der Waals surface area contributed by atoms with Gasteiger partial charge in [0.1, 0.15) is 0 Å². The van der Waals surface area contributed by atoms with Crippen molar-refractivity contribution in [3.8, 4) is 0 Å². The van der Waals surface area contributed by atoms with Gasteiger partial charge >= 0.3 is 0 Å². The van der Waals surface area contributed by atoms with Crippen LogP contribution >= 0.6 is 19.7 Å². The normalized spacial score (nSPS) is 18.5. The monoisotopic (exact) mass is 228 g/mol. The van der Waals surface area contributed by atoms with E-state index in [1.165, 1.54) is 0 Å². The molecule has 0 amide bonds. The third kappa shape index (κ3) is 10.4. The van der Waals surface area contributed by atoms with Gasteiger partial charge in [0.05, 0.1) is 5.75 Å². The van der Waals surface area contributed by atoms with E-state index in [1.807, 2.05) is 6.92 Å². The van der Waals surface area contributed by atoms with Gasteiger partial charge in [0.2, 0.25) is 9.05 Å². The largest absolute Gasteiger partial charge is 0.230 e. The maximum absolute atomic E-state index is 12.1. The van der Waals surface area contributed by atoms with E-state index in [0.29, 0.717) is 12.8 Å². The van der Waals surface area contributed by atoms with Crippen LogP contribution in [0.15, 0.2) is 0 Å². The molecule has 0 heterocycles. The lowest BCUT2D eigenvalue weighted by molar-refractivity contribution is 0.473. The van der Waals surface area contributed by atoms with E-state index in [1.54, 1.807) is 0 Å². The van der Waals surface area contributed by atoms with Crippen LogP contribution in [-0.4, -0.2) is 5.75 Å². The molecule has 78 valence electrons. The van der Waals surface area contributed by atoms with E-state index < -0.39 is 14.8 Å². The quantitative estimate of drug-likeness (QED) is 0.452. The fourth-order valence-corrected chi connectivity index (χ4v) is 1.88. The first-order valence-electron chi connectivity index (χ1n) is 3.77. The summed E-state index contributed by atoms with van der Waals surface area (Å²) >= 11 is 0. The minimum Gasteiger partial charge on any atom is -0.111 e. The molecule has 0 N–H and O–H groups in total. The maximum atomic E-state index is 12.1. The van der Waals surface area contributed by atoms with Crippen molar-refractivity contribution in [3.05, 3.63) is 0 Å². The van der Waals surface area contributed by atoms with Crippen LogP contribution in [0, 0.1) is 0 Å². The van der Waals surface area contributed by atoms with E-state index in [9.17, 15) is 15.5 Å². The van der Waals surface area contributed by atoms with Crippen molar-refractivity contribution in [1.82, 2.24) is 0 Å². The van der Waals surface area contributed by atoms with Gasteiger partial charge < -0.3 is 0 Å². The van der Waals surface area contributed by atoms with Crippen LogP contribution in [0.5, 0.6) is 0 Å². The highest BCUT2D eigenvalue weighted by Gasteiger charge is 2.59. The molecule has 0 rings (SSSR count). The SMILES string of the molecule is CCCCCCS(F)(F)(F)(F)Cl. The van der Waals surface area contributed by atoms with E-state index >= 15 is 0 Å². The highest BCUT2D eigenvalue weighted by Crippen LogP contribution is 3.00. The van der Waals surface area contributed by atoms with Crippen LogP contribution < -0.4 is 0 Å². The molecular weight excluding hydrogens is 216 g/mol. The number of halogens is 5. The van der Waals surface area contributed by atoms with Crippen molar-refractivity contribution < 1.29 is 15.5 Å². The van der Waals surface area contributed by atoms with E-state index in [2.05, 4.69) is 10.7 Å². The number of rotatable bonds is 5. The topological polar surface area (TPSA) is 0 Å². The third-order valence-corrected chi connectivity index (χ3v) is 2.91. The molecular formula is C6H13ClF4S. The molecule has 0 spiro atoms. The maximum Gasteiger partial charge on any atom is 0.230 e. The van der Waals surface area contributed by atoms with Crippen LogP contribution in [0.1, 0.15) is 32.6 Å². The molecule has 0 aliphatic carbocycles. The van der Waals surface area contributed by atoms with Crippen molar-refractivity contribution in [3.63, 3.8) is 0 Å². The van der Waals surface area contributed by atoms with Crippen LogP contribution in [0.3, 0.4) is 0 Å². The Hall–Kier alpha value is 0.360. The summed E-state index contributed by atoms with van der Waals surface area (Å²) in [5.74, 6) is -1.47. The molecule has 0 bridgehead atoms. The first-order chi connectivity index (χ1) is 5.04. The minimum absolute atomic E-state index is 0.209. The summed E-state index contributed by atoms with van der Waals surface area (Å²) in [5, 5.41) is 0. The molecule has 0 aromatic rings. The molecule has 6 heteroatoms. The first kappa shape index (κ1) is 12.4. The summed E-state index contributed by atoms with van der Waals surface area (Å²) in [7, 11) is -4.14. The van der Waals surface area contributed by atoms with Gasteiger partial charge in [-0.1, -0.05) is 26.2 Å². The van der Waals surface area contributed by atoms with E-state index in [4.69, 9.17) is 0 Å². The second-order valence-corrected chi connectivity index (χ2v) is 7.61. The second kappa shape index (κ2) is 2.94. The smallest absolute Gasteiger partial charge is 0.111 e. The molecule has 0 aliphatic heterocycles. The van der Waals surface area contributed by atoms with Gasteiger partial charge in [0, 0.05) is 10.7 Å². The fraction of sp³-hybridized carbons (Fsp3) is 1.00. The highest BCUT2D eigenvalue weighted by molar-refractivity contribution is 8.65. The van der Waals surface area contributed by atoms with Crippen molar-refractivity contribution in [2.45, 2.75) is 32.6 Å². The van der Waals surface area contributed by atoms with Crippen molar-refractivity contribution in [1.29, 1.82) is 0 Å². The Balaban J connectivity index is 3.79. The van der Waals surface area contributed by atoms with Crippen LogP contribution in [0.25, 0.3) is 0 Å². The predicted octanol–water partition coefficient (Wildman–Crippen LogP) is 5.13. The van der Waals surface area contributed by atoms with Crippen LogP contribution in [0.4, 0.5) is 15.5 Å². The Morgan fingerprint density at radius 3 is 1.83 bits per heavy atom. The molecule has 0 saturated carbocycles. The van der Waals surface area contributed by atoms with Crippen molar-refractivity contribution >= 4 is 19.7 Å². The first-order valence-corrected chi connectivity index (χ1v) is 6.81. The van der Waals surface area contributed by atoms with Gasteiger partial charge in [-0.2, -0.15) is 0 Å². The van der Waals surface area contributed by atoms with Gasteiger partial charge in [-0.15, -0.1) is 15.5 Å². The van der Waals surface area contributed by atoms with Crippen molar-refractivity contribution in [2.24, 2.45) is 0 Å².